The number of aromatic nitrogens is 2. The Bertz CT molecular complexity index is 1410. The summed E-state index contributed by atoms with van der Waals surface area (Å²) in [5.74, 6) is -1.43. The van der Waals surface area contributed by atoms with Gasteiger partial charge in [-0.1, -0.05) is 42.5 Å². The van der Waals surface area contributed by atoms with Crippen molar-refractivity contribution in [2.45, 2.75) is 12.7 Å². The van der Waals surface area contributed by atoms with E-state index in [1.807, 2.05) is 0 Å². The molecule has 2 heterocycles. The summed E-state index contributed by atoms with van der Waals surface area (Å²) in [5.41, 5.74) is -0.939. The molecular formula is C24H17F3N2O4. The van der Waals surface area contributed by atoms with Crippen molar-refractivity contribution in [3.63, 3.8) is 0 Å². The molecule has 9 heteroatoms. The maximum atomic E-state index is 13.4. The number of hydrogen-bond acceptors (Lipinski definition) is 5. The number of rotatable bonds is 4. The molecule has 0 saturated heterocycles. The molecule has 0 bridgehead atoms. The first-order chi connectivity index (χ1) is 15.7. The van der Waals surface area contributed by atoms with Gasteiger partial charge in [0.05, 0.1) is 30.9 Å². The molecule has 0 fully saturated rings. The van der Waals surface area contributed by atoms with Crippen LogP contribution in [0.2, 0.25) is 0 Å². The van der Waals surface area contributed by atoms with Crippen LogP contribution < -0.4 is 5.56 Å². The lowest BCUT2D eigenvalue weighted by Gasteiger charge is -2.16. The van der Waals surface area contributed by atoms with Crippen LogP contribution in [0.3, 0.4) is 0 Å². The predicted octanol–water partition coefficient (Wildman–Crippen LogP) is 4.62. The third kappa shape index (κ3) is 4.17. The Labute approximate surface area is 185 Å². The molecule has 0 saturated carbocycles. The van der Waals surface area contributed by atoms with E-state index < -0.39 is 29.0 Å². The first-order valence-electron chi connectivity index (χ1n) is 9.76. The second-order valence-corrected chi connectivity index (χ2v) is 7.26. The van der Waals surface area contributed by atoms with Crippen LogP contribution in [-0.2, 0) is 17.5 Å². The first-order valence-corrected chi connectivity index (χ1v) is 9.76. The van der Waals surface area contributed by atoms with Crippen molar-refractivity contribution in [2.75, 3.05) is 7.11 Å². The summed E-state index contributed by atoms with van der Waals surface area (Å²) in [4.78, 5) is 29.3. The van der Waals surface area contributed by atoms with Gasteiger partial charge < -0.3 is 14.4 Å². The van der Waals surface area contributed by atoms with Crippen LogP contribution >= 0.6 is 0 Å². The van der Waals surface area contributed by atoms with Gasteiger partial charge in [0.15, 0.2) is 11.4 Å². The molecule has 4 aromatic rings. The van der Waals surface area contributed by atoms with E-state index in [1.54, 1.807) is 30.3 Å². The van der Waals surface area contributed by atoms with Crippen molar-refractivity contribution >= 4 is 16.9 Å². The highest BCUT2D eigenvalue weighted by molar-refractivity contribution is 5.99. The summed E-state index contributed by atoms with van der Waals surface area (Å²) in [5, 5.41) is 10.8. The minimum absolute atomic E-state index is 0.0226. The molecule has 0 unspecified atom stereocenters. The third-order valence-electron chi connectivity index (χ3n) is 5.19. The Hall–Kier alpha value is -4.14. The number of methoxy groups -OCH3 is 1. The number of alkyl halides is 3. The summed E-state index contributed by atoms with van der Waals surface area (Å²) in [7, 11) is 1.12. The number of nitrogens with zero attached hydrogens (tertiary/aromatic N) is 2. The van der Waals surface area contributed by atoms with Gasteiger partial charge in [-0.05, 0) is 29.3 Å². The SMILES string of the molecule is COC(=O)c1ncc2c(cc(-c3cccc(C(F)(F)F)c3)c(=O)n2Cc2ccccc2)c1O. The molecular weight excluding hydrogens is 437 g/mol. The van der Waals surface area contributed by atoms with Gasteiger partial charge in [-0.2, -0.15) is 13.2 Å². The molecule has 0 amide bonds. The van der Waals surface area contributed by atoms with E-state index in [4.69, 9.17) is 0 Å². The molecule has 0 aliphatic rings. The number of halogens is 3. The van der Waals surface area contributed by atoms with Crippen molar-refractivity contribution in [1.82, 2.24) is 9.55 Å². The van der Waals surface area contributed by atoms with E-state index in [2.05, 4.69) is 9.72 Å². The second-order valence-electron chi connectivity index (χ2n) is 7.26. The molecule has 0 spiro atoms. The lowest BCUT2D eigenvalue weighted by atomic mass is 10.0. The number of carbonyl (C=O) groups is 1. The van der Waals surface area contributed by atoms with Crippen molar-refractivity contribution < 1.29 is 27.8 Å². The van der Waals surface area contributed by atoms with Crippen LogP contribution in [0.15, 0.2) is 71.7 Å². The highest BCUT2D eigenvalue weighted by atomic mass is 19.4. The molecule has 2 aromatic heterocycles. The Kier molecular flexibility index (Phi) is 5.63. The van der Waals surface area contributed by atoms with Gasteiger partial charge in [0.1, 0.15) is 0 Å². The normalized spacial score (nSPS) is 11.5. The Morgan fingerprint density at radius 3 is 2.48 bits per heavy atom. The Morgan fingerprint density at radius 1 is 1.09 bits per heavy atom. The van der Waals surface area contributed by atoms with Crippen molar-refractivity contribution in [3.05, 3.63) is 94.0 Å². The van der Waals surface area contributed by atoms with E-state index in [0.29, 0.717) is 0 Å². The second kappa shape index (κ2) is 8.42. The molecule has 0 aliphatic heterocycles. The Balaban J connectivity index is 2.03. The Morgan fingerprint density at radius 2 is 1.82 bits per heavy atom. The zero-order valence-electron chi connectivity index (χ0n) is 17.3. The molecule has 1 N–H and O–H groups in total. The topological polar surface area (TPSA) is 81.4 Å². The lowest BCUT2D eigenvalue weighted by Crippen LogP contribution is -2.23. The predicted molar refractivity (Wildman–Crippen MR) is 115 cm³/mol. The fourth-order valence-electron chi connectivity index (χ4n) is 3.56. The van der Waals surface area contributed by atoms with Gasteiger partial charge in [0.25, 0.3) is 5.56 Å². The smallest absolute Gasteiger partial charge is 0.416 e. The molecule has 0 radical (unpaired) electrons. The van der Waals surface area contributed by atoms with E-state index in [1.165, 1.54) is 29.0 Å². The number of ether oxygens (including phenoxy) is 1. The third-order valence-corrected chi connectivity index (χ3v) is 5.19. The van der Waals surface area contributed by atoms with Gasteiger partial charge in [0, 0.05) is 10.9 Å². The van der Waals surface area contributed by atoms with Crippen molar-refractivity contribution in [3.8, 4) is 16.9 Å². The van der Waals surface area contributed by atoms with Crippen LogP contribution in [0, 0.1) is 0 Å². The number of carbonyl (C=O) groups excluding carboxylic acids is 1. The van der Waals surface area contributed by atoms with Gasteiger partial charge in [-0.15, -0.1) is 0 Å². The fraction of sp³-hybridized carbons (Fsp3) is 0.125. The van der Waals surface area contributed by atoms with E-state index in [-0.39, 0.29) is 34.3 Å². The number of aromatic hydroxyl groups is 1. The summed E-state index contributed by atoms with van der Waals surface area (Å²) >= 11 is 0. The molecule has 168 valence electrons. The summed E-state index contributed by atoms with van der Waals surface area (Å²) in [6, 6.07) is 14.6. The number of pyridine rings is 2. The van der Waals surface area contributed by atoms with Crippen molar-refractivity contribution in [1.29, 1.82) is 0 Å². The first kappa shape index (κ1) is 22.1. The van der Waals surface area contributed by atoms with E-state index in [0.717, 1.165) is 24.8 Å². The molecule has 33 heavy (non-hydrogen) atoms. The standard InChI is InChI=1S/C24H17F3N2O4/c1-33-23(32)20-21(30)18-11-17(15-8-5-9-16(10-15)24(25,26)27)22(31)29(19(18)12-28-20)13-14-6-3-2-4-7-14/h2-12,30H,13H2,1H3. The largest absolute Gasteiger partial charge is 0.505 e. The average molecular weight is 454 g/mol. The molecule has 6 nitrogen and oxygen atoms in total. The van der Waals surface area contributed by atoms with E-state index >= 15 is 0 Å². The molecule has 0 aliphatic carbocycles. The van der Waals surface area contributed by atoms with Crippen LogP contribution in [0.5, 0.6) is 5.75 Å². The minimum Gasteiger partial charge on any atom is -0.505 e. The zero-order valence-corrected chi connectivity index (χ0v) is 17.3. The molecule has 2 aromatic carbocycles. The van der Waals surface area contributed by atoms with Crippen LogP contribution in [0.1, 0.15) is 21.6 Å². The van der Waals surface area contributed by atoms with Crippen LogP contribution in [-0.4, -0.2) is 27.7 Å². The van der Waals surface area contributed by atoms with Gasteiger partial charge in [-0.25, -0.2) is 9.78 Å². The van der Waals surface area contributed by atoms with Crippen LogP contribution in [0.25, 0.3) is 22.0 Å². The highest BCUT2D eigenvalue weighted by Gasteiger charge is 2.31. The number of benzene rings is 2. The fourth-order valence-corrected chi connectivity index (χ4v) is 3.56. The van der Waals surface area contributed by atoms with Crippen molar-refractivity contribution in [2.24, 2.45) is 0 Å². The zero-order chi connectivity index (χ0) is 23.8. The highest BCUT2D eigenvalue weighted by Crippen LogP contribution is 2.34. The van der Waals surface area contributed by atoms with Gasteiger partial charge in [-0.3, -0.25) is 4.79 Å². The molecule has 0 atom stereocenters. The summed E-state index contributed by atoms with van der Waals surface area (Å²) in [6.45, 7) is 0.0711. The lowest BCUT2D eigenvalue weighted by molar-refractivity contribution is -0.137. The van der Waals surface area contributed by atoms with Gasteiger partial charge in [0.2, 0.25) is 0 Å². The van der Waals surface area contributed by atoms with E-state index in [9.17, 15) is 27.9 Å². The quantitative estimate of drug-likeness (QED) is 0.455. The summed E-state index contributed by atoms with van der Waals surface area (Å²) < 4.78 is 45.7. The minimum atomic E-state index is -4.60. The monoisotopic (exact) mass is 454 g/mol. The molecule has 4 rings (SSSR count). The number of hydrogen-bond donors (Lipinski definition) is 1. The number of esters is 1. The van der Waals surface area contributed by atoms with Crippen LogP contribution in [0.4, 0.5) is 13.2 Å². The number of fused-ring (bicyclic) bond motifs is 1. The average Bonchev–Trinajstić information content (AvgIpc) is 2.81. The maximum Gasteiger partial charge on any atom is 0.416 e. The summed E-state index contributed by atoms with van der Waals surface area (Å²) in [6.07, 6.45) is -3.35. The maximum absolute atomic E-state index is 13.4. The van der Waals surface area contributed by atoms with Gasteiger partial charge >= 0.3 is 12.1 Å².